The van der Waals surface area contributed by atoms with Crippen molar-refractivity contribution in [1.29, 1.82) is 0 Å². The van der Waals surface area contributed by atoms with Gasteiger partial charge in [0.2, 0.25) is 0 Å². The van der Waals surface area contributed by atoms with Crippen LogP contribution < -0.4 is 0 Å². The molecule has 0 saturated heterocycles. The van der Waals surface area contributed by atoms with Crippen molar-refractivity contribution in [2.75, 3.05) is 6.26 Å². The van der Waals surface area contributed by atoms with Gasteiger partial charge in [-0.3, -0.25) is 0 Å². The Morgan fingerprint density at radius 2 is 2.00 bits per heavy atom. The average molecular weight is 339 g/mol. The molecule has 0 amide bonds. The number of aliphatic hydroxyl groups is 1. The molecule has 1 rings (SSSR count). The second-order valence-electron chi connectivity index (χ2n) is 4.83. The average Bonchev–Trinajstić information content (AvgIpc) is 2.21. The highest BCUT2D eigenvalue weighted by molar-refractivity contribution is 9.10. The van der Waals surface area contributed by atoms with Crippen LogP contribution in [-0.4, -0.2) is 30.6 Å². The van der Waals surface area contributed by atoms with Gasteiger partial charge in [-0.2, -0.15) is 0 Å². The van der Waals surface area contributed by atoms with Crippen LogP contribution in [-0.2, 0) is 16.3 Å². The lowest BCUT2D eigenvalue weighted by molar-refractivity contribution is 0.137. The maximum atomic E-state index is 13.5. The molecular weight excluding hydrogens is 323 g/mol. The molecule has 3 nitrogen and oxygen atoms in total. The first-order valence-electron chi connectivity index (χ1n) is 5.37. The van der Waals surface area contributed by atoms with Crippen LogP contribution in [0.2, 0.25) is 0 Å². The van der Waals surface area contributed by atoms with E-state index in [4.69, 9.17) is 0 Å². The lowest BCUT2D eigenvalue weighted by Gasteiger charge is -2.28. The largest absolute Gasteiger partial charge is 0.391 e. The van der Waals surface area contributed by atoms with Crippen LogP contribution in [0.5, 0.6) is 0 Å². The highest BCUT2D eigenvalue weighted by Gasteiger charge is 2.38. The Morgan fingerprint density at radius 3 is 2.50 bits per heavy atom. The van der Waals surface area contributed by atoms with Gasteiger partial charge in [0.25, 0.3) is 0 Å². The first-order chi connectivity index (χ1) is 8.05. The number of sulfone groups is 1. The normalized spacial score (nSPS) is 14.6. The molecule has 0 saturated carbocycles. The Balaban J connectivity index is 3.02. The van der Waals surface area contributed by atoms with Gasteiger partial charge in [-0.05, 0) is 37.6 Å². The summed E-state index contributed by atoms with van der Waals surface area (Å²) in [6.07, 6.45) is -0.157. The lowest BCUT2D eigenvalue weighted by Crippen LogP contribution is -2.44. The van der Waals surface area contributed by atoms with Crippen molar-refractivity contribution in [3.8, 4) is 0 Å². The molecule has 18 heavy (non-hydrogen) atoms. The Morgan fingerprint density at radius 1 is 1.44 bits per heavy atom. The smallest absolute Gasteiger partial charge is 0.155 e. The van der Waals surface area contributed by atoms with E-state index < -0.39 is 26.5 Å². The minimum atomic E-state index is -3.43. The van der Waals surface area contributed by atoms with E-state index in [9.17, 15) is 17.9 Å². The van der Waals surface area contributed by atoms with Gasteiger partial charge in [-0.25, -0.2) is 12.8 Å². The van der Waals surface area contributed by atoms with Crippen LogP contribution in [0.4, 0.5) is 4.39 Å². The highest BCUT2D eigenvalue weighted by atomic mass is 79.9. The quantitative estimate of drug-likeness (QED) is 0.916. The van der Waals surface area contributed by atoms with Gasteiger partial charge in [-0.1, -0.05) is 15.9 Å². The second-order valence-corrected chi connectivity index (χ2v) is 8.34. The fourth-order valence-electron chi connectivity index (χ4n) is 1.40. The van der Waals surface area contributed by atoms with Crippen LogP contribution in [0.3, 0.4) is 0 Å². The number of halogens is 2. The summed E-state index contributed by atoms with van der Waals surface area (Å²) in [7, 11) is -3.43. The predicted octanol–water partition coefficient (Wildman–Crippen LogP) is 2.31. The van der Waals surface area contributed by atoms with Gasteiger partial charge in [0.15, 0.2) is 9.84 Å². The molecule has 1 unspecified atom stereocenters. The lowest BCUT2D eigenvalue weighted by atomic mass is 9.98. The summed E-state index contributed by atoms with van der Waals surface area (Å²) in [6.45, 7) is 2.87. The SMILES string of the molecule is CC(C)(C(O)Cc1cc(Br)ccc1F)S(C)(=O)=O. The molecule has 0 radical (unpaired) electrons. The van der Waals surface area contributed by atoms with Gasteiger partial charge >= 0.3 is 0 Å². The van der Waals surface area contributed by atoms with E-state index in [-0.39, 0.29) is 12.0 Å². The van der Waals surface area contributed by atoms with E-state index in [1.807, 2.05) is 0 Å². The number of hydrogen-bond acceptors (Lipinski definition) is 3. The molecule has 1 N–H and O–H groups in total. The zero-order valence-electron chi connectivity index (χ0n) is 10.4. The number of aliphatic hydroxyl groups excluding tert-OH is 1. The van der Waals surface area contributed by atoms with Gasteiger partial charge in [-0.15, -0.1) is 0 Å². The summed E-state index contributed by atoms with van der Waals surface area (Å²) in [4.78, 5) is 0. The van der Waals surface area contributed by atoms with Crippen LogP contribution in [0.1, 0.15) is 19.4 Å². The Hall–Kier alpha value is -0.460. The Labute approximate surface area is 115 Å². The third-order valence-corrected chi connectivity index (χ3v) is 5.86. The number of benzene rings is 1. The van der Waals surface area contributed by atoms with Crippen molar-refractivity contribution in [2.24, 2.45) is 0 Å². The van der Waals surface area contributed by atoms with Crippen LogP contribution in [0, 0.1) is 5.82 Å². The van der Waals surface area contributed by atoms with Gasteiger partial charge in [0.1, 0.15) is 5.82 Å². The van der Waals surface area contributed by atoms with E-state index in [1.165, 1.54) is 26.0 Å². The molecule has 6 heteroatoms. The van der Waals surface area contributed by atoms with Crippen molar-refractivity contribution in [3.05, 3.63) is 34.1 Å². The monoisotopic (exact) mass is 338 g/mol. The standard InChI is InChI=1S/C12H16BrFO3S/c1-12(2,18(3,16)17)11(15)7-8-6-9(13)4-5-10(8)14/h4-6,11,15H,7H2,1-3H3. The summed E-state index contributed by atoms with van der Waals surface area (Å²) in [5.41, 5.74) is 0.286. The summed E-state index contributed by atoms with van der Waals surface area (Å²) in [5.74, 6) is -0.457. The molecule has 102 valence electrons. The molecule has 0 aliphatic carbocycles. The van der Waals surface area contributed by atoms with Crippen LogP contribution in [0.25, 0.3) is 0 Å². The van der Waals surface area contributed by atoms with Gasteiger partial charge in [0, 0.05) is 17.1 Å². The third kappa shape index (κ3) is 3.30. The molecule has 0 heterocycles. The van der Waals surface area contributed by atoms with E-state index in [0.29, 0.717) is 4.47 Å². The highest BCUT2D eigenvalue weighted by Crippen LogP contribution is 2.25. The second kappa shape index (κ2) is 5.27. The first kappa shape index (κ1) is 15.6. The van der Waals surface area contributed by atoms with Crippen molar-refractivity contribution in [3.63, 3.8) is 0 Å². The van der Waals surface area contributed by atoms with Crippen LogP contribution in [0.15, 0.2) is 22.7 Å². The van der Waals surface area contributed by atoms with Crippen LogP contribution >= 0.6 is 15.9 Å². The minimum Gasteiger partial charge on any atom is -0.391 e. The van der Waals surface area contributed by atoms with Crippen molar-refractivity contribution in [2.45, 2.75) is 31.1 Å². The van der Waals surface area contributed by atoms with Gasteiger partial charge < -0.3 is 5.11 Å². The molecule has 0 spiro atoms. The fourth-order valence-corrected chi connectivity index (χ4v) is 2.39. The maximum absolute atomic E-state index is 13.5. The molecule has 1 atom stereocenters. The number of rotatable bonds is 4. The first-order valence-corrected chi connectivity index (χ1v) is 8.05. The fraction of sp³-hybridized carbons (Fsp3) is 0.500. The topological polar surface area (TPSA) is 54.4 Å². The molecule has 0 aromatic heterocycles. The summed E-state index contributed by atoms with van der Waals surface area (Å²) in [5, 5.41) is 10.0. The summed E-state index contributed by atoms with van der Waals surface area (Å²) in [6, 6.07) is 4.36. The molecular formula is C12H16BrFO3S. The van der Waals surface area contributed by atoms with Crippen molar-refractivity contribution < 1.29 is 17.9 Å². The summed E-state index contributed by atoms with van der Waals surface area (Å²) < 4.78 is 36.0. The minimum absolute atomic E-state index is 0.0503. The molecule has 0 fully saturated rings. The van der Waals surface area contributed by atoms with Gasteiger partial charge in [0.05, 0.1) is 10.9 Å². The third-order valence-electron chi connectivity index (χ3n) is 3.18. The molecule has 0 bridgehead atoms. The van der Waals surface area contributed by atoms with E-state index in [1.54, 1.807) is 6.07 Å². The van der Waals surface area contributed by atoms with E-state index >= 15 is 0 Å². The molecule has 0 aliphatic heterocycles. The van der Waals surface area contributed by atoms with E-state index in [0.717, 1.165) is 6.26 Å². The molecule has 1 aromatic rings. The molecule has 1 aromatic carbocycles. The Bertz CT molecular complexity index is 540. The zero-order valence-corrected chi connectivity index (χ0v) is 12.8. The zero-order chi connectivity index (χ0) is 14.1. The Kier molecular flexibility index (Phi) is 4.56. The maximum Gasteiger partial charge on any atom is 0.155 e. The predicted molar refractivity (Wildman–Crippen MR) is 72.7 cm³/mol. The molecule has 0 aliphatic rings. The summed E-state index contributed by atoms with van der Waals surface area (Å²) >= 11 is 3.21. The van der Waals surface area contributed by atoms with Crippen molar-refractivity contribution >= 4 is 25.8 Å². The van der Waals surface area contributed by atoms with E-state index in [2.05, 4.69) is 15.9 Å². The van der Waals surface area contributed by atoms with Crippen molar-refractivity contribution in [1.82, 2.24) is 0 Å². The number of hydrogen-bond donors (Lipinski definition) is 1.